The number of rotatable bonds is 3. The number of hydrogen-bond donors (Lipinski definition) is 3. The van der Waals surface area contributed by atoms with Gasteiger partial charge in [-0.25, -0.2) is 4.98 Å². The van der Waals surface area contributed by atoms with Gasteiger partial charge in [0, 0.05) is 10.9 Å². The van der Waals surface area contributed by atoms with Gasteiger partial charge in [-0.05, 0) is 11.6 Å². The Hall–Kier alpha value is -3.30. The molecule has 1 aromatic carbocycles. The van der Waals surface area contributed by atoms with Crippen LogP contribution in [0.1, 0.15) is 0 Å². The number of nitrogen functional groups attached to an aromatic ring is 1. The number of anilines is 2. The minimum Gasteiger partial charge on any atom is -0.458 e. The fraction of sp³-hybridized carbons (Fsp3) is 0.133. The predicted molar refractivity (Wildman–Crippen MR) is 85.8 cm³/mol. The molecule has 0 saturated carbocycles. The maximum Gasteiger partial charge on any atom is 0.405 e. The molecule has 0 unspecified atom stereocenters. The summed E-state index contributed by atoms with van der Waals surface area (Å²) in [5.74, 6) is -0.254. The summed E-state index contributed by atoms with van der Waals surface area (Å²) < 4.78 is 42.8. The number of alkyl halides is 3. The Labute approximate surface area is 138 Å². The van der Waals surface area contributed by atoms with Gasteiger partial charge in [0.1, 0.15) is 18.3 Å². The Kier molecular flexibility index (Phi) is 3.27. The fourth-order valence-corrected chi connectivity index (χ4v) is 2.55. The molecule has 3 aromatic heterocycles. The van der Waals surface area contributed by atoms with Gasteiger partial charge in [0.15, 0.2) is 11.4 Å². The van der Waals surface area contributed by atoms with Crippen LogP contribution in [-0.2, 0) is 0 Å². The zero-order valence-electron chi connectivity index (χ0n) is 12.6. The molecule has 0 atom stereocenters. The average molecular weight is 348 g/mol. The van der Waals surface area contributed by atoms with Crippen LogP contribution in [-0.4, -0.2) is 32.9 Å². The lowest BCUT2D eigenvalue weighted by atomic mass is 10.1. The van der Waals surface area contributed by atoms with Gasteiger partial charge in [0.2, 0.25) is 5.95 Å². The molecule has 7 nitrogen and oxygen atoms in total. The van der Waals surface area contributed by atoms with Gasteiger partial charge in [-0.2, -0.15) is 23.3 Å². The van der Waals surface area contributed by atoms with Crippen molar-refractivity contribution in [1.29, 1.82) is 0 Å². The van der Waals surface area contributed by atoms with Crippen LogP contribution in [0.15, 0.2) is 35.1 Å². The van der Waals surface area contributed by atoms with Crippen molar-refractivity contribution in [2.45, 2.75) is 6.18 Å². The summed E-state index contributed by atoms with van der Waals surface area (Å²) in [7, 11) is 0. The third-order valence-electron chi connectivity index (χ3n) is 3.64. The van der Waals surface area contributed by atoms with Gasteiger partial charge < -0.3 is 15.5 Å². The van der Waals surface area contributed by atoms with Gasteiger partial charge >= 0.3 is 6.18 Å². The first-order chi connectivity index (χ1) is 11.9. The van der Waals surface area contributed by atoms with E-state index in [0.717, 1.165) is 16.5 Å². The first-order valence-corrected chi connectivity index (χ1v) is 7.19. The van der Waals surface area contributed by atoms with Crippen LogP contribution >= 0.6 is 0 Å². The summed E-state index contributed by atoms with van der Waals surface area (Å²) in [6.45, 7) is -1.26. The molecule has 0 spiro atoms. The van der Waals surface area contributed by atoms with Crippen molar-refractivity contribution in [3.8, 4) is 11.1 Å². The molecule has 0 aliphatic heterocycles. The van der Waals surface area contributed by atoms with Gasteiger partial charge in [0.05, 0.1) is 11.7 Å². The molecule has 0 amide bonds. The van der Waals surface area contributed by atoms with E-state index in [-0.39, 0.29) is 17.3 Å². The van der Waals surface area contributed by atoms with Crippen molar-refractivity contribution < 1.29 is 17.6 Å². The fourth-order valence-electron chi connectivity index (χ4n) is 2.55. The van der Waals surface area contributed by atoms with E-state index in [1.54, 1.807) is 6.20 Å². The first-order valence-electron chi connectivity index (χ1n) is 7.19. The SMILES string of the molecule is Nc1nc(NCC(F)(F)F)c2occ(-c3ccc4cn[nH]c4c3)c2n1. The van der Waals surface area contributed by atoms with Crippen LogP contribution in [0.2, 0.25) is 0 Å². The molecular weight excluding hydrogens is 337 g/mol. The lowest BCUT2D eigenvalue weighted by molar-refractivity contribution is -0.115. The summed E-state index contributed by atoms with van der Waals surface area (Å²) >= 11 is 0. The Morgan fingerprint density at radius 2 is 2.08 bits per heavy atom. The number of hydrogen-bond acceptors (Lipinski definition) is 6. The topological polar surface area (TPSA) is 106 Å². The highest BCUT2D eigenvalue weighted by molar-refractivity contribution is 5.98. The zero-order valence-corrected chi connectivity index (χ0v) is 12.6. The molecule has 3 heterocycles. The van der Waals surface area contributed by atoms with E-state index in [9.17, 15) is 13.2 Å². The second-order valence-corrected chi connectivity index (χ2v) is 5.40. The summed E-state index contributed by atoms with van der Waals surface area (Å²) in [5, 5.41) is 9.93. The number of halogens is 3. The van der Waals surface area contributed by atoms with E-state index in [2.05, 4.69) is 25.5 Å². The number of H-pyrrole nitrogens is 1. The van der Waals surface area contributed by atoms with Crippen LogP contribution in [0.5, 0.6) is 0 Å². The highest BCUT2D eigenvalue weighted by atomic mass is 19.4. The number of nitrogens with two attached hydrogens (primary N) is 1. The number of nitrogens with one attached hydrogen (secondary N) is 2. The zero-order chi connectivity index (χ0) is 17.6. The van der Waals surface area contributed by atoms with Crippen molar-refractivity contribution in [3.05, 3.63) is 30.7 Å². The highest BCUT2D eigenvalue weighted by Crippen LogP contribution is 2.34. The quantitative estimate of drug-likeness (QED) is 0.524. The van der Waals surface area contributed by atoms with E-state index in [1.165, 1.54) is 6.26 Å². The third kappa shape index (κ3) is 2.82. The van der Waals surface area contributed by atoms with E-state index in [4.69, 9.17) is 10.2 Å². The number of aromatic amines is 1. The second kappa shape index (κ2) is 5.36. The molecule has 0 bridgehead atoms. The lowest BCUT2D eigenvalue weighted by Gasteiger charge is -2.09. The Bertz CT molecular complexity index is 1070. The van der Waals surface area contributed by atoms with Crippen LogP contribution in [0.3, 0.4) is 0 Å². The van der Waals surface area contributed by atoms with E-state index >= 15 is 0 Å². The standard InChI is InChI=1S/C15H11F3N6O/c16-15(17,18)6-20-13-12-11(22-14(19)23-13)9(5-25-12)7-1-2-8-4-21-24-10(8)3-7/h1-5H,6H2,(H,21,24)(H3,19,20,22,23). The number of fused-ring (bicyclic) bond motifs is 2. The maximum atomic E-state index is 12.5. The number of aromatic nitrogens is 4. The summed E-state index contributed by atoms with van der Waals surface area (Å²) in [4.78, 5) is 7.91. The maximum absolute atomic E-state index is 12.5. The second-order valence-electron chi connectivity index (χ2n) is 5.40. The highest BCUT2D eigenvalue weighted by Gasteiger charge is 2.28. The Balaban J connectivity index is 1.81. The van der Waals surface area contributed by atoms with Crippen LogP contribution in [0.25, 0.3) is 33.1 Å². The molecule has 4 aromatic rings. The average Bonchev–Trinajstić information content (AvgIpc) is 3.17. The van der Waals surface area contributed by atoms with E-state index in [1.807, 2.05) is 18.2 Å². The van der Waals surface area contributed by atoms with Crippen molar-refractivity contribution in [3.63, 3.8) is 0 Å². The van der Waals surface area contributed by atoms with E-state index in [0.29, 0.717) is 11.1 Å². The minimum absolute atomic E-state index is 0.103. The van der Waals surface area contributed by atoms with Crippen molar-refractivity contribution >= 4 is 33.8 Å². The Morgan fingerprint density at radius 3 is 2.88 bits per heavy atom. The first kappa shape index (κ1) is 15.2. The molecule has 25 heavy (non-hydrogen) atoms. The minimum atomic E-state index is -4.40. The molecule has 0 saturated heterocycles. The molecule has 0 fully saturated rings. The number of benzene rings is 1. The predicted octanol–water partition coefficient (Wildman–Crippen LogP) is 3.32. The summed E-state index contributed by atoms with van der Waals surface area (Å²) in [5.41, 5.74) is 8.24. The molecule has 4 rings (SSSR count). The molecule has 10 heteroatoms. The number of nitrogens with zero attached hydrogens (tertiary/aromatic N) is 3. The molecule has 4 N–H and O–H groups in total. The van der Waals surface area contributed by atoms with Crippen LogP contribution in [0.4, 0.5) is 24.9 Å². The number of furan rings is 1. The summed E-state index contributed by atoms with van der Waals surface area (Å²) in [6, 6.07) is 5.54. The normalized spacial score (nSPS) is 12.1. The molecular formula is C15H11F3N6O. The van der Waals surface area contributed by atoms with Crippen molar-refractivity contribution in [1.82, 2.24) is 20.2 Å². The van der Waals surface area contributed by atoms with Crippen molar-refractivity contribution in [2.24, 2.45) is 0 Å². The van der Waals surface area contributed by atoms with Crippen LogP contribution in [0, 0.1) is 0 Å². The summed E-state index contributed by atoms with van der Waals surface area (Å²) in [6.07, 6.45) is -1.30. The largest absolute Gasteiger partial charge is 0.458 e. The smallest absolute Gasteiger partial charge is 0.405 e. The van der Waals surface area contributed by atoms with Gasteiger partial charge in [0.25, 0.3) is 0 Å². The third-order valence-corrected chi connectivity index (χ3v) is 3.64. The van der Waals surface area contributed by atoms with Gasteiger partial charge in [-0.1, -0.05) is 12.1 Å². The van der Waals surface area contributed by atoms with Crippen LogP contribution < -0.4 is 11.1 Å². The molecule has 0 radical (unpaired) electrons. The monoisotopic (exact) mass is 348 g/mol. The van der Waals surface area contributed by atoms with E-state index < -0.39 is 12.7 Å². The van der Waals surface area contributed by atoms with Gasteiger partial charge in [-0.3, -0.25) is 5.10 Å². The Morgan fingerprint density at radius 1 is 1.24 bits per heavy atom. The van der Waals surface area contributed by atoms with Crippen molar-refractivity contribution in [2.75, 3.05) is 17.6 Å². The van der Waals surface area contributed by atoms with Gasteiger partial charge in [-0.15, -0.1) is 0 Å². The molecule has 0 aliphatic rings. The molecule has 128 valence electrons. The molecule has 0 aliphatic carbocycles. The lowest BCUT2D eigenvalue weighted by Crippen LogP contribution is -2.22.